The van der Waals surface area contributed by atoms with Crippen LogP contribution in [0.5, 0.6) is 0 Å². The number of hydrogen-bond donors (Lipinski definition) is 3. The number of rotatable bonds is 2. The molecule has 1 saturated heterocycles. The highest BCUT2D eigenvalue weighted by Crippen LogP contribution is 2.28. The summed E-state index contributed by atoms with van der Waals surface area (Å²) in [5.41, 5.74) is 14.4. The van der Waals surface area contributed by atoms with Gasteiger partial charge in [-0.3, -0.25) is 5.10 Å². The summed E-state index contributed by atoms with van der Waals surface area (Å²) in [6, 6.07) is 7.90. The summed E-state index contributed by atoms with van der Waals surface area (Å²) in [5, 5.41) is 7.86. The molecule has 1 aliphatic heterocycles. The fourth-order valence-corrected chi connectivity index (χ4v) is 3.66. The first-order valence-corrected chi connectivity index (χ1v) is 8.57. The molecular formula is C15H17N7S. The second-order valence-electron chi connectivity index (χ2n) is 5.44. The molecule has 3 heterocycles. The molecule has 1 fully saturated rings. The zero-order valence-electron chi connectivity index (χ0n) is 12.5. The van der Waals surface area contributed by atoms with Crippen molar-refractivity contribution in [2.24, 2.45) is 0 Å². The third-order valence-corrected chi connectivity index (χ3v) is 4.90. The van der Waals surface area contributed by atoms with Crippen LogP contribution in [0.3, 0.4) is 0 Å². The van der Waals surface area contributed by atoms with E-state index < -0.39 is 0 Å². The SMILES string of the molecule is Nc1nc(-c2ccc3c(N)n[nH]c3c2)cc(N2CCSCC2)n1. The fraction of sp³-hybridized carbons (Fsp3) is 0.267. The van der Waals surface area contributed by atoms with Crippen molar-refractivity contribution < 1.29 is 0 Å². The van der Waals surface area contributed by atoms with Gasteiger partial charge in [0.1, 0.15) is 5.82 Å². The van der Waals surface area contributed by atoms with Crippen LogP contribution < -0.4 is 16.4 Å². The molecule has 0 unspecified atom stereocenters. The average molecular weight is 327 g/mol. The summed E-state index contributed by atoms with van der Waals surface area (Å²) in [5.74, 6) is 3.90. The molecule has 1 aromatic carbocycles. The molecule has 118 valence electrons. The van der Waals surface area contributed by atoms with Crippen LogP contribution in [-0.2, 0) is 0 Å². The Bertz CT molecular complexity index is 854. The van der Waals surface area contributed by atoms with Crippen LogP contribution >= 0.6 is 11.8 Å². The van der Waals surface area contributed by atoms with Gasteiger partial charge in [0.2, 0.25) is 5.95 Å². The van der Waals surface area contributed by atoms with E-state index in [0.717, 1.165) is 52.6 Å². The Labute approximate surface area is 137 Å². The molecule has 23 heavy (non-hydrogen) atoms. The number of nitrogen functional groups attached to an aromatic ring is 2. The predicted octanol–water partition coefficient (Wildman–Crippen LogP) is 1.74. The Morgan fingerprint density at radius 1 is 1.09 bits per heavy atom. The number of thioether (sulfide) groups is 1. The fourth-order valence-electron chi connectivity index (χ4n) is 2.76. The molecule has 5 N–H and O–H groups in total. The summed E-state index contributed by atoms with van der Waals surface area (Å²) in [6.45, 7) is 1.97. The molecule has 3 aromatic rings. The zero-order chi connectivity index (χ0) is 15.8. The summed E-state index contributed by atoms with van der Waals surface area (Å²) in [6.07, 6.45) is 0. The molecule has 0 bridgehead atoms. The molecule has 4 rings (SSSR count). The lowest BCUT2D eigenvalue weighted by Gasteiger charge is -2.27. The lowest BCUT2D eigenvalue weighted by Crippen LogP contribution is -2.33. The van der Waals surface area contributed by atoms with Crippen molar-refractivity contribution in [1.82, 2.24) is 20.2 Å². The Hall–Kier alpha value is -2.48. The monoisotopic (exact) mass is 327 g/mol. The van der Waals surface area contributed by atoms with E-state index in [1.165, 1.54) is 0 Å². The highest BCUT2D eigenvalue weighted by Gasteiger charge is 2.15. The van der Waals surface area contributed by atoms with Gasteiger partial charge in [0.05, 0.1) is 11.2 Å². The van der Waals surface area contributed by atoms with Crippen molar-refractivity contribution in [2.75, 3.05) is 41.0 Å². The second kappa shape index (κ2) is 5.62. The van der Waals surface area contributed by atoms with Gasteiger partial charge in [0.25, 0.3) is 0 Å². The highest BCUT2D eigenvalue weighted by atomic mass is 32.2. The lowest BCUT2D eigenvalue weighted by molar-refractivity contribution is 0.837. The Balaban J connectivity index is 1.75. The van der Waals surface area contributed by atoms with E-state index in [9.17, 15) is 0 Å². The van der Waals surface area contributed by atoms with Crippen LogP contribution in [0.2, 0.25) is 0 Å². The first-order valence-electron chi connectivity index (χ1n) is 7.42. The number of aromatic amines is 1. The van der Waals surface area contributed by atoms with Crippen molar-refractivity contribution in [3.05, 3.63) is 24.3 Å². The van der Waals surface area contributed by atoms with E-state index in [4.69, 9.17) is 11.5 Å². The third kappa shape index (κ3) is 2.65. The molecule has 0 saturated carbocycles. The molecule has 2 aromatic heterocycles. The predicted molar refractivity (Wildman–Crippen MR) is 95.5 cm³/mol. The van der Waals surface area contributed by atoms with E-state index in [1.54, 1.807) is 0 Å². The van der Waals surface area contributed by atoms with Crippen LogP contribution in [0.25, 0.3) is 22.2 Å². The number of H-pyrrole nitrogens is 1. The molecule has 0 spiro atoms. The van der Waals surface area contributed by atoms with Gasteiger partial charge in [-0.2, -0.15) is 21.8 Å². The van der Waals surface area contributed by atoms with Crippen molar-refractivity contribution in [2.45, 2.75) is 0 Å². The Morgan fingerprint density at radius 2 is 1.91 bits per heavy atom. The molecule has 0 amide bonds. The summed E-state index contributed by atoms with van der Waals surface area (Å²) >= 11 is 1.96. The smallest absolute Gasteiger partial charge is 0.222 e. The quantitative estimate of drug-likeness (QED) is 0.657. The van der Waals surface area contributed by atoms with Crippen molar-refractivity contribution in [1.29, 1.82) is 0 Å². The molecule has 7 nitrogen and oxygen atoms in total. The zero-order valence-corrected chi connectivity index (χ0v) is 13.3. The molecule has 0 aliphatic carbocycles. The largest absolute Gasteiger partial charge is 0.382 e. The maximum absolute atomic E-state index is 5.93. The molecule has 0 radical (unpaired) electrons. The van der Waals surface area contributed by atoms with E-state index in [2.05, 4.69) is 25.1 Å². The number of aromatic nitrogens is 4. The van der Waals surface area contributed by atoms with Crippen molar-refractivity contribution in [3.8, 4) is 11.3 Å². The normalized spacial score (nSPS) is 15.2. The molecule has 8 heteroatoms. The number of fused-ring (bicyclic) bond motifs is 1. The van der Waals surface area contributed by atoms with Gasteiger partial charge < -0.3 is 16.4 Å². The number of nitrogens with one attached hydrogen (secondary N) is 1. The van der Waals surface area contributed by atoms with E-state index in [1.807, 2.05) is 36.0 Å². The van der Waals surface area contributed by atoms with Gasteiger partial charge in [0.15, 0.2) is 5.82 Å². The topological polar surface area (TPSA) is 110 Å². The Morgan fingerprint density at radius 3 is 2.74 bits per heavy atom. The van der Waals surface area contributed by atoms with Crippen LogP contribution in [0.4, 0.5) is 17.6 Å². The van der Waals surface area contributed by atoms with Gasteiger partial charge in [0, 0.05) is 41.6 Å². The summed E-state index contributed by atoms with van der Waals surface area (Å²) < 4.78 is 0. The highest BCUT2D eigenvalue weighted by molar-refractivity contribution is 7.99. The minimum absolute atomic E-state index is 0.292. The van der Waals surface area contributed by atoms with Gasteiger partial charge in [-0.1, -0.05) is 6.07 Å². The van der Waals surface area contributed by atoms with E-state index in [-0.39, 0.29) is 0 Å². The summed E-state index contributed by atoms with van der Waals surface area (Å²) in [7, 11) is 0. The van der Waals surface area contributed by atoms with Gasteiger partial charge in [-0.05, 0) is 12.1 Å². The van der Waals surface area contributed by atoms with Crippen LogP contribution in [0.15, 0.2) is 24.3 Å². The van der Waals surface area contributed by atoms with Crippen LogP contribution in [-0.4, -0.2) is 44.8 Å². The average Bonchev–Trinajstić information content (AvgIpc) is 2.96. The number of benzene rings is 1. The molecular weight excluding hydrogens is 310 g/mol. The molecule has 0 atom stereocenters. The van der Waals surface area contributed by atoms with Crippen LogP contribution in [0.1, 0.15) is 0 Å². The standard InChI is InChI=1S/C15H17N7S/c16-14-10-2-1-9(7-12(10)20-21-14)11-8-13(19-15(17)18-11)22-3-5-23-6-4-22/h1-2,7-8H,3-6H2,(H3,16,20,21)(H2,17,18,19). The summed E-state index contributed by atoms with van der Waals surface area (Å²) in [4.78, 5) is 11.0. The minimum atomic E-state index is 0.292. The van der Waals surface area contributed by atoms with Gasteiger partial charge in [-0.15, -0.1) is 0 Å². The first kappa shape index (κ1) is 14.1. The number of hydrogen-bond acceptors (Lipinski definition) is 7. The number of nitrogens with two attached hydrogens (primary N) is 2. The van der Waals surface area contributed by atoms with Crippen molar-refractivity contribution in [3.63, 3.8) is 0 Å². The maximum Gasteiger partial charge on any atom is 0.222 e. The van der Waals surface area contributed by atoms with Crippen LogP contribution in [0, 0.1) is 0 Å². The van der Waals surface area contributed by atoms with Gasteiger partial charge >= 0.3 is 0 Å². The Kier molecular flexibility index (Phi) is 3.45. The van der Waals surface area contributed by atoms with Crippen molar-refractivity contribution >= 4 is 40.2 Å². The molecule has 1 aliphatic rings. The van der Waals surface area contributed by atoms with E-state index in [0.29, 0.717) is 11.8 Å². The lowest BCUT2D eigenvalue weighted by atomic mass is 10.1. The second-order valence-corrected chi connectivity index (χ2v) is 6.66. The third-order valence-electron chi connectivity index (χ3n) is 3.95. The van der Waals surface area contributed by atoms with E-state index >= 15 is 0 Å². The van der Waals surface area contributed by atoms with Gasteiger partial charge in [-0.25, -0.2) is 4.98 Å². The number of nitrogens with zero attached hydrogens (tertiary/aromatic N) is 4. The number of anilines is 3. The minimum Gasteiger partial charge on any atom is -0.382 e. The first-order chi connectivity index (χ1) is 11.2. The maximum atomic E-state index is 5.93.